The Balaban J connectivity index is 1.55. The average Bonchev–Trinajstić information content (AvgIpc) is 3.28. The topological polar surface area (TPSA) is 38.3 Å². The van der Waals surface area contributed by atoms with Crippen LogP contribution in [-0.4, -0.2) is 13.1 Å². The first-order valence-electron chi connectivity index (χ1n) is 11.3. The molecule has 0 aromatic heterocycles. The summed E-state index contributed by atoms with van der Waals surface area (Å²) in [6, 6.07) is 36.0. The van der Waals surface area contributed by atoms with Crippen LogP contribution in [0, 0.1) is 0 Å². The molecular formula is C29H23NO2S2. The standard InChI is InChI=1S/C29H23NO2S2/c1-32-28(31)21-17-15-20(16-18-21)27-26(19-9-3-2-4-10-19)29(22-11-5-6-12-23(22)30-27)33-24-13-7-8-14-25(24)34-29/h2-18,26-27,30H,1H3/t26-,27-/m0/s1. The highest BCUT2D eigenvalue weighted by atomic mass is 32.2. The van der Waals surface area contributed by atoms with Crippen molar-refractivity contribution in [2.24, 2.45) is 0 Å². The van der Waals surface area contributed by atoms with E-state index >= 15 is 0 Å². The molecule has 2 heterocycles. The SMILES string of the molecule is COC(=O)c1ccc([C@@H]2Nc3ccccc3C3(Sc4ccccc4S3)[C@H]2c2ccccc2)cc1. The Kier molecular flexibility index (Phi) is 5.39. The van der Waals surface area contributed by atoms with Gasteiger partial charge in [-0.15, -0.1) is 23.5 Å². The van der Waals surface area contributed by atoms with Crippen molar-refractivity contribution >= 4 is 35.2 Å². The van der Waals surface area contributed by atoms with Crippen LogP contribution < -0.4 is 5.32 Å². The summed E-state index contributed by atoms with van der Waals surface area (Å²) in [7, 11) is 1.41. The minimum Gasteiger partial charge on any atom is -0.465 e. The predicted octanol–water partition coefficient (Wildman–Crippen LogP) is 7.47. The van der Waals surface area contributed by atoms with Crippen LogP contribution in [0.2, 0.25) is 0 Å². The zero-order chi connectivity index (χ0) is 23.1. The number of para-hydroxylation sites is 1. The number of thioether (sulfide) groups is 2. The molecular weight excluding hydrogens is 458 g/mol. The van der Waals surface area contributed by atoms with Crippen LogP contribution in [-0.2, 0) is 8.82 Å². The van der Waals surface area contributed by atoms with Gasteiger partial charge in [-0.05, 0) is 41.5 Å². The second-order valence-electron chi connectivity index (χ2n) is 8.49. The third-order valence-electron chi connectivity index (χ3n) is 6.58. The second kappa shape index (κ2) is 8.57. The van der Waals surface area contributed by atoms with Crippen LogP contribution >= 0.6 is 23.5 Å². The van der Waals surface area contributed by atoms with E-state index in [9.17, 15) is 4.79 Å². The number of anilines is 1. The third kappa shape index (κ3) is 3.42. The summed E-state index contributed by atoms with van der Waals surface area (Å²) in [5.74, 6) is -0.170. The van der Waals surface area contributed by atoms with Gasteiger partial charge in [0.25, 0.3) is 0 Å². The van der Waals surface area contributed by atoms with Crippen molar-refractivity contribution in [1.29, 1.82) is 0 Å². The smallest absolute Gasteiger partial charge is 0.337 e. The summed E-state index contributed by atoms with van der Waals surface area (Å²) in [5.41, 5.74) is 5.47. The van der Waals surface area contributed by atoms with Crippen molar-refractivity contribution in [2.45, 2.75) is 25.8 Å². The van der Waals surface area contributed by atoms with Crippen molar-refractivity contribution in [3.8, 4) is 0 Å². The molecule has 34 heavy (non-hydrogen) atoms. The number of nitrogens with one attached hydrogen (secondary N) is 1. The lowest BCUT2D eigenvalue weighted by Gasteiger charge is -2.47. The number of methoxy groups -OCH3 is 1. The van der Waals surface area contributed by atoms with E-state index in [4.69, 9.17) is 4.74 Å². The van der Waals surface area contributed by atoms with Gasteiger partial charge < -0.3 is 10.1 Å². The number of esters is 1. The van der Waals surface area contributed by atoms with Gasteiger partial charge in [-0.2, -0.15) is 0 Å². The van der Waals surface area contributed by atoms with E-state index in [2.05, 4.69) is 96.3 Å². The zero-order valence-electron chi connectivity index (χ0n) is 18.6. The van der Waals surface area contributed by atoms with Gasteiger partial charge in [-0.3, -0.25) is 0 Å². The monoisotopic (exact) mass is 481 g/mol. The van der Waals surface area contributed by atoms with Gasteiger partial charge in [0, 0.05) is 27.0 Å². The quantitative estimate of drug-likeness (QED) is 0.307. The van der Waals surface area contributed by atoms with Crippen LogP contribution in [0.25, 0.3) is 0 Å². The van der Waals surface area contributed by atoms with Crippen molar-refractivity contribution in [3.63, 3.8) is 0 Å². The largest absolute Gasteiger partial charge is 0.465 e. The molecule has 2 aliphatic heterocycles. The van der Waals surface area contributed by atoms with Gasteiger partial charge in [0.2, 0.25) is 0 Å². The highest BCUT2D eigenvalue weighted by molar-refractivity contribution is 8.20. The summed E-state index contributed by atoms with van der Waals surface area (Å²) in [6.07, 6.45) is 0. The lowest BCUT2D eigenvalue weighted by molar-refractivity contribution is 0.0600. The highest BCUT2D eigenvalue weighted by Crippen LogP contribution is 2.71. The fourth-order valence-corrected chi connectivity index (χ4v) is 8.66. The summed E-state index contributed by atoms with van der Waals surface area (Å²) in [5, 5.41) is 3.86. The Morgan fingerprint density at radius 1 is 0.765 bits per heavy atom. The third-order valence-corrected chi connectivity index (χ3v) is 9.91. The molecule has 2 atom stereocenters. The summed E-state index contributed by atoms with van der Waals surface area (Å²) >= 11 is 3.93. The number of carbonyl (C=O) groups is 1. The van der Waals surface area contributed by atoms with E-state index in [-0.39, 0.29) is 22.0 Å². The molecule has 1 spiro atoms. The molecule has 0 saturated carbocycles. The molecule has 1 N–H and O–H groups in total. The van der Waals surface area contributed by atoms with Gasteiger partial charge in [0.05, 0.1) is 18.7 Å². The van der Waals surface area contributed by atoms with E-state index in [0.717, 1.165) is 11.3 Å². The molecule has 4 aromatic rings. The van der Waals surface area contributed by atoms with Gasteiger partial charge in [-0.1, -0.05) is 72.8 Å². The molecule has 3 nitrogen and oxygen atoms in total. The number of hydrogen-bond acceptors (Lipinski definition) is 5. The molecule has 5 heteroatoms. The van der Waals surface area contributed by atoms with E-state index in [1.807, 2.05) is 35.7 Å². The van der Waals surface area contributed by atoms with Gasteiger partial charge >= 0.3 is 5.97 Å². The highest BCUT2D eigenvalue weighted by Gasteiger charge is 2.54. The van der Waals surface area contributed by atoms with E-state index in [1.165, 1.54) is 28.0 Å². The van der Waals surface area contributed by atoms with Crippen LogP contribution in [0.3, 0.4) is 0 Å². The lowest BCUT2D eigenvalue weighted by atomic mass is 9.78. The Morgan fingerprint density at radius 2 is 1.38 bits per heavy atom. The van der Waals surface area contributed by atoms with Crippen LogP contribution in [0.4, 0.5) is 5.69 Å². The molecule has 0 saturated heterocycles. The molecule has 4 aromatic carbocycles. The number of rotatable bonds is 3. The maximum atomic E-state index is 12.0. The number of hydrogen-bond donors (Lipinski definition) is 1. The van der Waals surface area contributed by atoms with Crippen molar-refractivity contribution in [2.75, 3.05) is 12.4 Å². The molecule has 0 aliphatic carbocycles. The summed E-state index contributed by atoms with van der Waals surface area (Å²) in [6.45, 7) is 0. The normalized spacial score (nSPS) is 19.7. The average molecular weight is 482 g/mol. The molecule has 0 unspecified atom stereocenters. The maximum absolute atomic E-state index is 12.0. The summed E-state index contributed by atoms with van der Waals surface area (Å²) < 4.78 is 4.69. The molecule has 168 valence electrons. The van der Waals surface area contributed by atoms with Gasteiger partial charge in [0.15, 0.2) is 0 Å². The Labute approximate surface area is 207 Å². The molecule has 6 rings (SSSR count). The van der Waals surface area contributed by atoms with Crippen molar-refractivity contribution in [3.05, 3.63) is 125 Å². The Bertz CT molecular complexity index is 1330. The van der Waals surface area contributed by atoms with Gasteiger partial charge in [0.1, 0.15) is 4.08 Å². The van der Waals surface area contributed by atoms with E-state index in [1.54, 1.807) is 0 Å². The molecule has 0 fully saturated rings. The predicted molar refractivity (Wildman–Crippen MR) is 140 cm³/mol. The Hall–Kier alpha value is -3.15. The lowest BCUT2D eigenvalue weighted by Crippen LogP contribution is -2.38. The Morgan fingerprint density at radius 3 is 2.06 bits per heavy atom. The van der Waals surface area contributed by atoms with Crippen LogP contribution in [0.15, 0.2) is 113 Å². The fraction of sp³-hybridized carbons (Fsp3) is 0.138. The fourth-order valence-electron chi connectivity index (χ4n) is 5.05. The van der Waals surface area contributed by atoms with E-state index in [0.29, 0.717) is 5.56 Å². The van der Waals surface area contributed by atoms with Gasteiger partial charge in [-0.25, -0.2) is 4.79 Å². The first-order chi connectivity index (χ1) is 16.7. The first-order valence-corrected chi connectivity index (χ1v) is 12.9. The molecule has 0 radical (unpaired) electrons. The molecule has 2 aliphatic rings. The van der Waals surface area contributed by atoms with Crippen LogP contribution in [0.5, 0.6) is 0 Å². The molecule has 0 amide bonds. The van der Waals surface area contributed by atoms with Crippen molar-refractivity contribution in [1.82, 2.24) is 0 Å². The van der Waals surface area contributed by atoms with Crippen LogP contribution in [0.1, 0.15) is 39.0 Å². The zero-order valence-corrected chi connectivity index (χ0v) is 20.2. The summed E-state index contributed by atoms with van der Waals surface area (Å²) in [4.78, 5) is 14.7. The number of carbonyl (C=O) groups excluding carboxylic acids is 1. The number of benzene rings is 4. The molecule has 0 bridgehead atoms. The first kappa shape index (κ1) is 21.4. The maximum Gasteiger partial charge on any atom is 0.337 e. The minimum atomic E-state index is -0.318. The minimum absolute atomic E-state index is 0.0262. The van der Waals surface area contributed by atoms with Crippen molar-refractivity contribution < 1.29 is 9.53 Å². The number of fused-ring (bicyclic) bond motifs is 3. The second-order valence-corrected chi connectivity index (χ2v) is 11.3. The number of ether oxygens (including phenoxy) is 1. The van der Waals surface area contributed by atoms with E-state index < -0.39 is 0 Å².